The summed E-state index contributed by atoms with van der Waals surface area (Å²) < 4.78 is 0.911. The van der Waals surface area contributed by atoms with Gasteiger partial charge in [-0.05, 0) is 29.3 Å². The van der Waals surface area contributed by atoms with E-state index < -0.39 is 0 Å². The highest BCUT2D eigenvalue weighted by atomic mass is 127. The van der Waals surface area contributed by atoms with Crippen LogP contribution in [0.3, 0.4) is 0 Å². The average Bonchev–Trinajstić information content (AvgIpc) is 2.75. The van der Waals surface area contributed by atoms with E-state index in [4.69, 9.17) is 0 Å². The molecule has 0 aromatic carbocycles. The summed E-state index contributed by atoms with van der Waals surface area (Å²) in [6, 6.07) is 2.08. The number of aliphatic imine (C=N–C) groups is 1. The van der Waals surface area contributed by atoms with Gasteiger partial charge in [-0.15, -0.1) is 24.0 Å². The largest absolute Gasteiger partial charge is 0.357 e. The minimum Gasteiger partial charge on any atom is -0.357 e. The minimum absolute atomic E-state index is 0. The van der Waals surface area contributed by atoms with Gasteiger partial charge in [0.05, 0.1) is 6.54 Å². The summed E-state index contributed by atoms with van der Waals surface area (Å²) in [4.78, 5) is 4.47. The lowest BCUT2D eigenvalue weighted by Crippen LogP contribution is -2.37. The molecule has 0 amide bonds. The lowest BCUT2D eigenvalue weighted by molar-refractivity contribution is 0.859. The quantitative estimate of drug-likeness (QED) is 0.428. The summed E-state index contributed by atoms with van der Waals surface area (Å²) in [5.74, 6) is 0.814. The molecule has 6 heteroatoms. The SMILES string of the molecule is C=C(Br)CNC(=NCc1ccsc1)NCC.I. The Morgan fingerprint density at radius 1 is 1.53 bits per heavy atom. The van der Waals surface area contributed by atoms with Crippen molar-refractivity contribution < 1.29 is 0 Å². The van der Waals surface area contributed by atoms with Crippen LogP contribution in [0.25, 0.3) is 0 Å². The van der Waals surface area contributed by atoms with E-state index in [1.165, 1.54) is 5.56 Å². The number of guanidine groups is 1. The molecule has 3 nitrogen and oxygen atoms in total. The summed E-state index contributed by atoms with van der Waals surface area (Å²) >= 11 is 5.00. The zero-order chi connectivity index (χ0) is 11.8. The van der Waals surface area contributed by atoms with E-state index in [1.54, 1.807) is 11.3 Å². The lowest BCUT2D eigenvalue weighted by atomic mass is 10.3. The normalized spacial score (nSPS) is 10.6. The summed E-state index contributed by atoms with van der Waals surface area (Å²) in [6.45, 7) is 8.05. The molecule has 0 saturated heterocycles. The topological polar surface area (TPSA) is 36.4 Å². The third-order valence-electron chi connectivity index (χ3n) is 1.79. The van der Waals surface area contributed by atoms with E-state index in [0.717, 1.165) is 17.0 Å². The third kappa shape index (κ3) is 7.77. The van der Waals surface area contributed by atoms with Crippen LogP contribution < -0.4 is 10.6 Å². The number of nitrogens with one attached hydrogen (secondary N) is 2. The Bertz CT molecular complexity index is 352. The fourth-order valence-electron chi connectivity index (χ4n) is 1.07. The highest BCUT2D eigenvalue weighted by Crippen LogP contribution is 2.06. The van der Waals surface area contributed by atoms with Gasteiger partial charge in [0, 0.05) is 17.6 Å². The number of hydrogen-bond donors (Lipinski definition) is 2. The molecular weight excluding hydrogens is 413 g/mol. The van der Waals surface area contributed by atoms with Crippen LogP contribution in [0, 0.1) is 0 Å². The first kappa shape index (κ1) is 16.9. The smallest absolute Gasteiger partial charge is 0.191 e. The van der Waals surface area contributed by atoms with E-state index in [2.05, 4.69) is 55.0 Å². The zero-order valence-electron chi connectivity index (χ0n) is 9.70. The van der Waals surface area contributed by atoms with Crippen molar-refractivity contribution in [3.63, 3.8) is 0 Å². The third-order valence-corrected chi connectivity index (χ3v) is 2.80. The van der Waals surface area contributed by atoms with Gasteiger partial charge in [0.1, 0.15) is 0 Å². The molecule has 0 aliphatic carbocycles. The molecule has 0 saturated carbocycles. The number of rotatable bonds is 5. The van der Waals surface area contributed by atoms with Gasteiger partial charge in [-0.25, -0.2) is 4.99 Å². The second-order valence-corrected chi connectivity index (χ2v) is 5.10. The Kier molecular flexibility index (Phi) is 9.85. The maximum atomic E-state index is 4.47. The van der Waals surface area contributed by atoms with Crippen molar-refractivity contribution in [1.29, 1.82) is 0 Å². The van der Waals surface area contributed by atoms with Gasteiger partial charge in [0.25, 0.3) is 0 Å². The Balaban J connectivity index is 0.00000256. The van der Waals surface area contributed by atoms with Crippen molar-refractivity contribution in [2.45, 2.75) is 13.5 Å². The highest BCUT2D eigenvalue weighted by molar-refractivity contribution is 14.0. The van der Waals surface area contributed by atoms with E-state index in [0.29, 0.717) is 13.1 Å². The molecule has 1 aromatic rings. The Morgan fingerprint density at radius 2 is 2.29 bits per heavy atom. The predicted octanol–water partition coefficient (Wildman–Crippen LogP) is 3.33. The molecule has 0 unspecified atom stereocenters. The molecule has 17 heavy (non-hydrogen) atoms. The predicted molar refractivity (Wildman–Crippen MR) is 90.6 cm³/mol. The molecule has 1 heterocycles. The standard InChI is InChI=1S/C11H16BrN3S.HI/c1-3-13-11(14-6-9(2)12)15-7-10-4-5-16-8-10;/h4-5,8H,2-3,6-7H2,1H3,(H2,13,14,15);1H. The first-order valence-corrected chi connectivity index (χ1v) is 6.82. The van der Waals surface area contributed by atoms with Gasteiger partial charge in [-0.2, -0.15) is 11.3 Å². The minimum atomic E-state index is 0. The molecule has 0 fully saturated rings. The molecular formula is C11H17BrIN3S. The van der Waals surface area contributed by atoms with Gasteiger partial charge in [0.2, 0.25) is 0 Å². The van der Waals surface area contributed by atoms with Crippen LogP contribution in [-0.2, 0) is 6.54 Å². The molecule has 2 N–H and O–H groups in total. The molecule has 96 valence electrons. The summed E-state index contributed by atoms with van der Waals surface area (Å²) in [6.07, 6.45) is 0. The van der Waals surface area contributed by atoms with Crippen LogP contribution in [0.1, 0.15) is 12.5 Å². The molecule has 0 aliphatic rings. The van der Waals surface area contributed by atoms with E-state index in [-0.39, 0.29) is 24.0 Å². The Labute approximate surface area is 132 Å². The first-order chi connectivity index (χ1) is 7.72. The second kappa shape index (κ2) is 9.90. The second-order valence-electron chi connectivity index (χ2n) is 3.20. The summed E-state index contributed by atoms with van der Waals surface area (Å²) in [7, 11) is 0. The number of nitrogens with zero attached hydrogens (tertiary/aromatic N) is 1. The fourth-order valence-corrected chi connectivity index (χ4v) is 1.87. The number of hydrogen-bond acceptors (Lipinski definition) is 2. The van der Waals surface area contributed by atoms with Crippen LogP contribution >= 0.6 is 51.2 Å². The van der Waals surface area contributed by atoms with Crippen molar-refractivity contribution in [3.8, 4) is 0 Å². The van der Waals surface area contributed by atoms with Crippen LogP contribution in [0.4, 0.5) is 0 Å². The van der Waals surface area contributed by atoms with Crippen LogP contribution in [0.15, 0.2) is 32.9 Å². The molecule has 0 spiro atoms. The number of halogens is 2. The van der Waals surface area contributed by atoms with E-state index >= 15 is 0 Å². The lowest BCUT2D eigenvalue weighted by Gasteiger charge is -2.10. The molecule has 0 aliphatic heterocycles. The Morgan fingerprint density at radius 3 is 2.82 bits per heavy atom. The molecule has 0 radical (unpaired) electrons. The maximum absolute atomic E-state index is 4.47. The van der Waals surface area contributed by atoms with Gasteiger partial charge >= 0.3 is 0 Å². The summed E-state index contributed by atoms with van der Waals surface area (Å²) in [5, 5.41) is 10.5. The van der Waals surface area contributed by atoms with Crippen molar-refractivity contribution in [2.75, 3.05) is 13.1 Å². The Hall–Kier alpha value is -0.0800. The van der Waals surface area contributed by atoms with Gasteiger partial charge in [-0.1, -0.05) is 22.5 Å². The van der Waals surface area contributed by atoms with Crippen LogP contribution in [0.2, 0.25) is 0 Å². The number of thiophene rings is 1. The van der Waals surface area contributed by atoms with Crippen molar-refractivity contribution in [1.82, 2.24) is 10.6 Å². The molecule has 1 rings (SSSR count). The molecule has 1 aromatic heterocycles. The van der Waals surface area contributed by atoms with Crippen molar-refractivity contribution in [2.24, 2.45) is 4.99 Å². The summed E-state index contributed by atoms with van der Waals surface area (Å²) in [5.41, 5.74) is 1.24. The van der Waals surface area contributed by atoms with Crippen LogP contribution in [-0.4, -0.2) is 19.0 Å². The van der Waals surface area contributed by atoms with Gasteiger partial charge in [0.15, 0.2) is 5.96 Å². The zero-order valence-corrected chi connectivity index (χ0v) is 14.4. The van der Waals surface area contributed by atoms with Crippen LogP contribution in [0.5, 0.6) is 0 Å². The molecule has 0 bridgehead atoms. The van der Waals surface area contributed by atoms with E-state index in [9.17, 15) is 0 Å². The first-order valence-electron chi connectivity index (χ1n) is 5.09. The van der Waals surface area contributed by atoms with Gasteiger partial charge < -0.3 is 10.6 Å². The fraction of sp³-hybridized carbons (Fsp3) is 0.364. The van der Waals surface area contributed by atoms with E-state index in [1.807, 2.05) is 6.92 Å². The van der Waals surface area contributed by atoms with Crippen molar-refractivity contribution >= 4 is 57.2 Å². The maximum Gasteiger partial charge on any atom is 0.191 e. The average molecular weight is 430 g/mol. The monoisotopic (exact) mass is 429 g/mol. The van der Waals surface area contributed by atoms with Gasteiger partial charge in [-0.3, -0.25) is 0 Å². The van der Waals surface area contributed by atoms with Crippen molar-refractivity contribution in [3.05, 3.63) is 33.5 Å². The molecule has 0 atom stereocenters. The highest BCUT2D eigenvalue weighted by Gasteiger charge is 1.97.